The number of aryl methyl sites for hydroxylation is 1. The minimum atomic E-state index is 0.0812. The third kappa shape index (κ3) is 10.5. The van der Waals surface area contributed by atoms with Gasteiger partial charge < -0.3 is 14.5 Å². The second-order valence-electron chi connectivity index (χ2n) is 10.5. The van der Waals surface area contributed by atoms with Crippen molar-refractivity contribution in [2.75, 3.05) is 31.2 Å². The standard InChI is InChI=1S/C22H25NO2.C13H17NO.C2H6/c1-14(2)25-23-17(5)19-9-10-22(16(4)12-19)21-11-15(3)7-8-20(13-21)18(6)24;1-11(2)12-4-3-5-13(10-12)14-6-8-15-9-7-14;1-2/h7-10,12-13H,1,11H2,2-6H3;3-5,10H,1,6-9H2,2H3;1-2H3/b23-17+;;. The Morgan fingerprint density at radius 2 is 1.62 bits per heavy atom. The van der Waals surface area contributed by atoms with Crippen LogP contribution < -0.4 is 4.90 Å². The van der Waals surface area contributed by atoms with Crippen molar-refractivity contribution in [3.05, 3.63) is 113 Å². The number of Topliss-reactive ketones (excluding diaryl/α,β-unsaturated/α-hetero) is 1. The molecule has 0 N–H and O–H groups in total. The summed E-state index contributed by atoms with van der Waals surface area (Å²) in [6, 6.07) is 14.8. The molecular weight excluding hydrogens is 520 g/mol. The summed E-state index contributed by atoms with van der Waals surface area (Å²) >= 11 is 0. The average molecular weight is 569 g/mol. The first-order valence-corrected chi connectivity index (χ1v) is 14.7. The third-order valence-corrected chi connectivity index (χ3v) is 6.80. The number of hydrogen-bond donors (Lipinski definition) is 0. The zero-order chi connectivity index (χ0) is 31.2. The highest BCUT2D eigenvalue weighted by Gasteiger charge is 2.13. The molecule has 5 heteroatoms. The molecule has 0 amide bonds. The van der Waals surface area contributed by atoms with Crippen LogP contribution in [0.15, 0.2) is 95.9 Å². The number of anilines is 1. The Morgan fingerprint density at radius 3 is 2.21 bits per heavy atom. The lowest BCUT2D eigenvalue weighted by Crippen LogP contribution is -2.36. The highest BCUT2D eigenvalue weighted by Crippen LogP contribution is 2.30. The van der Waals surface area contributed by atoms with E-state index in [0.717, 1.165) is 71.8 Å². The van der Waals surface area contributed by atoms with Gasteiger partial charge >= 0.3 is 0 Å². The zero-order valence-electron chi connectivity index (χ0n) is 26.8. The lowest BCUT2D eigenvalue weighted by atomic mass is 9.92. The van der Waals surface area contributed by atoms with Crippen LogP contribution in [-0.2, 0) is 14.4 Å². The van der Waals surface area contributed by atoms with E-state index in [9.17, 15) is 4.79 Å². The van der Waals surface area contributed by atoms with E-state index in [1.807, 2.05) is 52.0 Å². The van der Waals surface area contributed by atoms with Crippen molar-refractivity contribution in [2.24, 2.45) is 5.16 Å². The highest BCUT2D eigenvalue weighted by atomic mass is 16.6. The Morgan fingerprint density at radius 1 is 0.929 bits per heavy atom. The van der Waals surface area contributed by atoms with E-state index in [2.05, 4.69) is 73.5 Å². The number of allylic oxidation sites excluding steroid dienone is 8. The number of hydrogen-bond acceptors (Lipinski definition) is 5. The first-order valence-electron chi connectivity index (χ1n) is 14.7. The minimum Gasteiger partial charge on any atom is -0.378 e. The molecule has 0 aromatic heterocycles. The molecule has 1 aliphatic heterocycles. The number of ether oxygens (including phenoxy) is 1. The minimum absolute atomic E-state index is 0.0812. The number of nitrogens with zero attached hydrogens (tertiary/aromatic N) is 2. The summed E-state index contributed by atoms with van der Waals surface area (Å²) in [5.41, 5.74) is 10.8. The number of oxime groups is 1. The molecule has 0 unspecified atom stereocenters. The molecule has 1 heterocycles. The number of rotatable bonds is 7. The van der Waals surface area contributed by atoms with Gasteiger partial charge in [-0.15, -0.1) is 0 Å². The van der Waals surface area contributed by atoms with Gasteiger partial charge in [-0.1, -0.05) is 79.7 Å². The van der Waals surface area contributed by atoms with E-state index < -0.39 is 0 Å². The van der Waals surface area contributed by atoms with Gasteiger partial charge in [0.15, 0.2) is 5.78 Å². The zero-order valence-corrected chi connectivity index (χ0v) is 26.8. The summed E-state index contributed by atoms with van der Waals surface area (Å²) in [6.07, 6.45) is 6.76. The van der Waals surface area contributed by atoms with Crippen LogP contribution in [-0.4, -0.2) is 37.8 Å². The summed E-state index contributed by atoms with van der Waals surface area (Å²) in [7, 11) is 0. The van der Waals surface area contributed by atoms with Crippen molar-refractivity contribution in [1.82, 2.24) is 0 Å². The largest absolute Gasteiger partial charge is 0.378 e. The molecular formula is C37H48N2O3. The SMILES string of the molecule is C=C(C)O/N=C(\C)c1ccc(C2=CC(C(C)=O)=CC=C(C)C2)c(C)c1.C=C(C)c1cccc(N2CCOCC2)c1.CC. The van der Waals surface area contributed by atoms with Gasteiger partial charge in [0.25, 0.3) is 0 Å². The maximum atomic E-state index is 11.8. The molecule has 0 saturated carbocycles. The fourth-order valence-electron chi connectivity index (χ4n) is 4.51. The molecule has 1 fully saturated rings. The van der Waals surface area contributed by atoms with Crippen molar-refractivity contribution in [3.63, 3.8) is 0 Å². The number of benzene rings is 2. The van der Waals surface area contributed by atoms with Crippen molar-refractivity contribution in [2.45, 2.75) is 61.8 Å². The summed E-state index contributed by atoms with van der Waals surface area (Å²) in [6.45, 7) is 26.8. The van der Waals surface area contributed by atoms with E-state index >= 15 is 0 Å². The molecule has 0 radical (unpaired) electrons. The monoisotopic (exact) mass is 568 g/mol. The summed E-state index contributed by atoms with van der Waals surface area (Å²) in [5, 5.41) is 4.08. The molecule has 0 atom stereocenters. The quantitative estimate of drug-likeness (QED) is 0.190. The van der Waals surface area contributed by atoms with Crippen molar-refractivity contribution < 1.29 is 14.4 Å². The van der Waals surface area contributed by atoms with Crippen LogP contribution in [0.25, 0.3) is 11.1 Å². The molecule has 1 saturated heterocycles. The Kier molecular flexibility index (Phi) is 13.9. The van der Waals surface area contributed by atoms with Gasteiger partial charge in [0.2, 0.25) is 0 Å². The number of ketones is 1. The summed E-state index contributed by atoms with van der Waals surface area (Å²) in [4.78, 5) is 19.3. The van der Waals surface area contributed by atoms with Crippen LogP contribution >= 0.6 is 0 Å². The second-order valence-corrected chi connectivity index (χ2v) is 10.5. The van der Waals surface area contributed by atoms with Gasteiger partial charge in [-0.05, 0) is 100 Å². The van der Waals surface area contributed by atoms with Crippen molar-refractivity contribution in [1.29, 1.82) is 0 Å². The van der Waals surface area contributed by atoms with Crippen LogP contribution in [0.5, 0.6) is 0 Å². The van der Waals surface area contributed by atoms with E-state index in [4.69, 9.17) is 9.57 Å². The number of carbonyl (C=O) groups excluding carboxylic acids is 1. The van der Waals surface area contributed by atoms with E-state index in [0.29, 0.717) is 5.76 Å². The molecule has 0 bridgehead atoms. The Labute approximate surface area is 253 Å². The van der Waals surface area contributed by atoms with Gasteiger partial charge in [-0.2, -0.15) is 0 Å². The first-order chi connectivity index (χ1) is 20.0. The Balaban J connectivity index is 0.000000308. The molecule has 5 nitrogen and oxygen atoms in total. The van der Waals surface area contributed by atoms with Crippen LogP contribution in [0.4, 0.5) is 5.69 Å². The molecule has 4 rings (SSSR count). The predicted molar refractivity (Wildman–Crippen MR) is 180 cm³/mol. The normalized spacial score (nSPS) is 14.9. The summed E-state index contributed by atoms with van der Waals surface area (Å²) < 4.78 is 5.34. The van der Waals surface area contributed by atoms with Crippen molar-refractivity contribution in [3.8, 4) is 0 Å². The van der Waals surface area contributed by atoms with Gasteiger partial charge in [-0.3, -0.25) is 4.79 Å². The number of morpholine rings is 1. The van der Waals surface area contributed by atoms with Gasteiger partial charge in [0.1, 0.15) is 5.76 Å². The lowest BCUT2D eigenvalue weighted by molar-refractivity contribution is -0.113. The number of carbonyl (C=O) groups is 1. The van der Waals surface area contributed by atoms with Crippen LogP contribution in [0.3, 0.4) is 0 Å². The molecule has 1 aliphatic carbocycles. The van der Waals surface area contributed by atoms with Gasteiger partial charge in [0.05, 0.1) is 18.9 Å². The van der Waals surface area contributed by atoms with Crippen LogP contribution in [0.2, 0.25) is 0 Å². The van der Waals surface area contributed by atoms with Crippen LogP contribution in [0, 0.1) is 6.92 Å². The Bertz CT molecular complexity index is 1390. The molecule has 2 aromatic carbocycles. The van der Waals surface area contributed by atoms with Gasteiger partial charge in [0, 0.05) is 24.4 Å². The molecule has 2 aliphatic rings. The lowest BCUT2D eigenvalue weighted by Gasteiger charge is -2.29. The fraction of sp³-hybridized carbons (Fsp3) is 0.351. The Hall–Kier alpha value is -3.96. The van der Waals surface area contributed by atoms with E-state index in [-0.39, 0.29) is 5.78 Å². The maximum absolute atomic E-state index is 11.8. The fourth-order valence-corrected chi connectivity index (χ4v) is 4.51. The topological polar surface area (TPSA) is 51.1 Å². The van der Waals surface area contributed by atoms with E-state index in [1.54, 1.807) is 13.8 Å². The van der Waals surface area contributed by atoms with Gasteiger partial charge in [-0.25, -0.2) is 0 Å². The van der Waals surface area contributed by atoms with Crippen molar-refractivity contribution >= 4 is 28.3 Å². The second kappa shape index (κ2) is 17.1. The molecule has 42 heavy (non-hydrogen) atoms. The molecule has 0 spiro atoms. The maximum Gasteiger partial charge on any atom is 0.159 e. The predicted octanol–water partition coefficient (Wildman–Crippen LogP) is 9.10. The van der Waals surface area contributed by atoms with E-state index in [1.165, 1.54) is 16.8 Å². The summed E-state index contributed by atoms with van der Waals surface area (Å²) in [5.74, 6) is 0.639. The molecule has 224 valence electrons. The molecule has 2 aromatic rings. The van der Waals surface area contributed by atoms with Crippen LogP contribution in [0.1, 0.15) is 77.1 Å². The smallest absolute Gasteiger partial charge is 0.159 e. The highest BCUT2D eigenvalue weighted by molar-refractivity contribution is 6.00. The third-order valence-electron chi connectivity index (χ3n) is 6.80. The average Bonchev–Trinajstić information content (AvgIpc) is 3.19. The first kappa shape index (κ1) is 34.2.